The zero-order valence-corrected chi connectivity index (χ0v) is 14.0. The number of sulfonamides is 1. The van der Waals surface area contributed by atoms with Gasteiger partial charge in [-0.2, -0.15) is 0 Å². The molecular weight excluding hydrogens is 322 g/mol. The molecule has 0 aliphatic carbocycles. The van der Waals surface area contributed by atoms with Gasteiger partial charge in [-0.25, -0.2) is 13.1 Å². The topological polar surface area (TPSA) is 96.0 Å². The van der Waals surface area contributed by atoms with Crippen molar-refractivity contribution in [2.75, 3.05) is 39.2 Å². The molecule has 1 N–H and O–H groups in total. The monoisotopic (exact) mass is 341 g/mol. The van der Waals surface area contributed by atoms with Crippen LogP contribution >= 0.6 is 0 Å². The lowest BCUT2D eigenvalue weighted by atomic mass is 10.2. The highest BCUT2D eigenvalue weighted by atomic mass is 32.2. The molecule has 0 fully saturated rings. The Hall–Kier alpha value is -2.13. The van der Waals surface area contributed by atoms with Crippen LogP contribution in [-0.4, -0.2) is 59.4 Å². The van der Waals surface area contributed by atoms with Crippen molar-refractivity contribution in [3.05, 3.63) is 18.2 Å². The van der Waals surface area contributed by atoms with Crippen molar-refractivity contribution in [1.29, 1.82) is 0 Å². The van der Waals surface area contributed by atoms with Gasteiger partial charge in [0.1, 0.15) is 5.75 Å². The summed E-state index contributed by atoms with van der Waals surface area (Å²) in [7, 11) is 0.997. The van der Waals surface area contributed by atoms with Gasteiger partial charge >= 0.3 is 0 Å². The number of fused-ring (bicyclic) bond motifs is 1. The van der Waals surface area contributed by atoms with Crippen LogP contribution in [0.3, 0.4) is 0 Å². The minimum Gasteiger partial charge on any atom is -0.482 e. The number of hydrogen-bond acceptors (Lipinski definition) is 5. The highest BCUT2D eigenvalue weighted by Gasteiger charge is 2.25. The molecule has 1 aliphatic rings. The third kappa shape index (κ3) is 3.80. The number of ether oxygens (including phenoxy) is 1. The zero-order chi connectivity index (χ0) is 17.2. The lowest BCUT2D eigenvalue weighted by Crippen LogP contribution is -2.36. The summed E-state index contributed by atoms with van der Waals surface area (Å²) in [5.74, 6) is 0.0299. The van der Waals surface area contributed by atoms with Crippen molar-refractivity contribution in [3.63, 3.8) is 0 Å². The van der Waals surface area contributed by atoms with Crippen molar-refractivity contribution < 1.29 is 22.7 Å². The molecule has 0 saturated heterocycles. The van der Waals surface area contributed by atoms with Gasteiger partial charge in [0.2, 0.25) is 15.9 Å². The molecule has 1 aromatic rings. The third-order valence-electron chi connectivity index (χ3n) is 3.46. The van der Waals surface area contributed by atoms with Gasteiger partial charge < -0.3 is 14.5 Å². The largest absolute Gasteiger partial charge is 0.482 e. The Balaban J connectivity index is 2.14. The average Bonchev–Trinajstić information content (AvgIpc) is 2.50. The summed E-state index contributed by atoms with van der Waals surface area (Å²) in [6.07, 6.45) is 0.0681. The first kappa shape index (κ1) is 17.2. The van der Waals surface area contributed by atoms with Crippen LogP contribution in [0.4, 0.5) is 5.69 Å². The molecule has 0 bridgehead atoms. The Morgan fingerprint density at radius 2 is 2.09 bits per heavy atom. The molecule has 2 amide bonds. The van der Waals surface area contributed by atoms with Crippen molar-refractivity contribution in [3.8, 4) is 5.75 Å². The smallest absolute Gasteiger partial charge is 0.264 e. The fraction of sp³-hybridized carbons (Fsp3) is 0.429. The van der Waals surface area contributed by atoms with Gasteiger partial charge in [-0.15, -0.1) is 0 Å². The van der Waals surface area contributed by atoms with E-state index in [0.29, 0.717) is 11.4 Å². The summed E-state index contributed by atoms with van der Waals surface area (Å²) >= 11 is 0. The van der Waals surface area contributed by atoms with Crippen molar-refractivity contribution >= 4 is 27.5 Å². The maximum Gasteiger partial charge on any atom is 0.264 e. The summed E-state index contributed by atoms with van der Waals surface area (Å²) in [4.78, 5) is 25.8. The number of amides is 2. The van der Waals surface area contributed by atoms with E-state index in [2.05, 4.69) is 4.72 Å². The number of nitrogens with one attached hydrogen (secondary N) is 1. The molecule has 0 spiro atoms. The van der Waals surface area contributed by atoms with Crippen LogP contribution in [0.5, 0.6) is 5.75 Å². The second-order valence-electron chi connectivity index (χ2n) is 5.31. The number of likely N-dealkylation sites (N-methyl/N-ethyl adjacent to an activating group) is 1. The molecule has 0 atom stereocenters. The number of nitrogens with zero attached hydrogens (tertiary/aromatic N) is 2. The molecule has 0 unspecified atom stereocenters. The highest BCUT2D eigenvalue weighted by Crippen LogP contribution is 2.33. The standard InChI is InChI=1S/C14H19N3O5S/c1-16(2)13(18)6-7-15-23(20,21)10-4-5-12-11(8-10)17(3)14(19)9-22-12/h4-5,8,15H,6-7,9H2,1-3H3. The van der Waals surface area contributed by atoms with E-state index < -0.39 is 10.0 Å². The summed E-state index contributed by atoms with van der Waals surface area (Å²) < 4.78 is 32.2. The van der Waals surface area contributed by atoms with Crippen LogP contribution in [0.1, 0.15) is 6.42 Å². The summed E-state index contributed by atoms with van der Waals surface area (Å²) in [6.45, 7) is -0.0673. The third-order valence-corrected chi connectivity index (χ3v) is 4.92. The Bertz CT molecular complexity index is 730. The molecule has 0 radical (unpaired) electrons. The number of hydrogen-bond donors (Lipinski definition) is 1. The molecule has 1 aromatic carbocycles. The molecule has 1 aliphatic heterocycles. The quantitative estimate of drug-likeness (QED) is 0.800. The van der Waals surface area contributed by atoms with Crippen LogP contribution in [-0.2, 0) is 19.6 Å². The van der Waals surface area contributed by atoms with E-state index in [1.165, 1.54) is 28.0 Å². The van der Waals surface area contributed by atoms with E-state index in [1.54, 1.807) is 21.1 Å². The number of benzene rings is 1. The maximum absolute atomic E-state index is 12.3. The van der Waals surface area contributed by atoms with E-state index >= 15 is 0 Å². The lowest BCUT2D eigenvalue weighted by molar-refractivity contribution is -0.128. The predicted octanol–water partition coefficient (Wildman–Crippen LogP) is -0.202. The van der Waals surface area contributed by atoms with Gasteiger partial charge in [-0.3, -0.25) is 9.59 Å². The number of anilines is 1. The normalized spacial score (nSPS) is 14.2. The second-order valence-corrected chi connectivity index (χ2v) is 7.07. The van der Waals surface area contributed by atoms with E-state index in [1.807, 2.05) is 0 Å². The minimum absolute atomic E-state index is 0.00169. The first-order valence-corrected chi connectivity index (χ1v) is 8.44. The van der Waals surface area contributed by atoms with Gasteiger partial charge in [0, 0.05) is 34.1 Å². The van der Waals surface area contributed by atoms with Crippen LogP contribution in [0.25, 0.3) is 0 Å². The molecule has 2 rings (SSSR count). The van der Waals surface area contributed by atoms with E-state index in [-0.39, 0.29) is 36.3 Å². The van der Waals surface area contributed by atoms with E-state index in [9.17, 15) is 18.0 Å². The van der Waals surface area contributed by atoms with Crippen molar-refractivity contribution in [1.82, 2.24) is 9.62 Å². The highest BCUT2D eigenvalue weighted by molar-refractivity contribution is 7.89. The molecular formula is C14H19N3O5S. The molecule has 126 valence electrons. The SMILES string of the molecule is CN(C)C(=O)CCNS(=O)(=O)c1ccc2c(c1)N(C)C(=O)CO2. The van der Waals surface area contributed by atoms with Crippen LogP contribution < -0.4 is 14.4 Å². The molecule has 23 heavy (non-hydrogen) atoms. The molecule has 1 heterocycles. The number of rotatable bonds is 5. The van der Waals surface area contributed by atoms with Gasteiger partial charge in [0.05, 0.1) is 10.6 Å². The Kier molecular flexibility index (Phi) is 4.90. The van der Waals surface area contributed by atoms with Gasteiger partial charge in [0.15, 0.2) is 6.61 Å². The lowest BCUT2D eigenvalue weighted by Gasteiger charge is -2.26. The Morgan fingerprint density at radius 1 is 1.39 bits per heavy atom. The summed E-state index contributed by atoms with van der Waals surface area (Å²) in [6, 6.07) is 4.29. The molecule has 8 nitrogen and oxygen atoms in total. The van der Waals surface area contributed by atoms with E-state index in [4.69, 9.17) is 4.74 Å². The Labute approximate surface area is 135 Å². The molecule has 0 saturated carbocycles. The van der Waals surface area contributed by atoms with Crippen molar-refractivity contribution in [2.45, 2.75) is 11.3 Å². The second kappa shape index (κ2) is 6.55. The van der Waals surface area contributed by atoms with Gasteiger partial charge in [-0.05, 0) is 18.2 Å². The van der Waals surface area contributed by atoms with E-state index in [0.717, 1.165) is 0 Å². The first-order valence-electron chi connectivity index (χ1n) is 6.95. The van der Waals surface area contributed by atoms with Gasteiger partial charge in [-0.1, -0.05) is 0 Å². The van der Waals surface area contributed by atoms with Crippen LogP contribution in [0.2, 0.25) is 0 Å². The zero-order valence-electron chi connectivity index (χ0n) is 13.2. The number of carbonyl (C=O) groups is 2. The van der Waals surface area contributed by atoms with Crippen molar-refractivity contribution in [2.24, 2.45) is 0 Å². The first-order chi connectivity index (χ1) is 10.7. The van der Waals surface area contributed by atoms with Crippen LogP contribution in [0.15, 0.2) is 23.1 Å². The minimum atomic E-state index is -3.77. The molecule has 0 aromatic heterocycles. The Morgan fingerprint density at radius 3 is 2.74 bits per heavy atom. The average molecular weight is 341 g/mol. The summed E-state index contributed by atoms with van der Waals surface area (Å²) in [5.41, 5.74) is 0.397. The maximum atomic E-state index is 12.3. The van der Waals surface area contributed by atoms with Gasteiger partial charge in [0.25, 0.3) is 5.91 Å². The van der Waals surface area contributed by atoms with Crippen LogP contribution in [0, 0.1) is 0 Å². The summed E-state index contributed by atoms with van der Waals surface area (Å²) in [5, 5.41) is 0. The fourth-order valence-corrected chi connectivity index (χ4v) is 3.07. The fourth-order valence-electron chi connectivity index (χ4n) is 2.02. The molecule has 9 heteroatoms. The predicted molar refractivity (Wildman–Crippen MR) is 83.8 cm³/mol. The number of carbonyl (C=O) groups excluding carboxylic acids is 2.